The molecule has 0 spiro atoms. The van der Waals surface area contributed by atoms with E-state index in [4.69, 9.17) is 0 Å². The molecule has 2 atom stereocenters. The number of nitrogens with zero attached hydrogens (tertiary/aromatic N) is 1. The van der Waals surface area contributed by atoms with Crippen LogP contribution in [0.4, 0.5) is 0 Å². The third kappa shape index (κ3) is 2.16. The molecule has 2 unspecified atom stereocenters. The van der Waals surface area contributed by atoms with Crippen molar-refractivity contribution in [3.8, 4) is 0 Å². The van der Waals surface area contributed by atoms with Crippen molar-refractivity contribution in [2.75, 3.05) is 13.1 Å². The van der Waals surface area contributed by atoms with Gasteiger partial charge < -0.3 is 5.32 Å². The van der Waals surface area contributed by atoms with E-state index in [1.54, 1.807) is 16.4 Å². The molecule has 2 fully saturated rings. The van der Waals surface area contributed by atoms with E-state index in [9.17, 15) is 8.42 Å². The fraction of sp³-hybridized carbons (Fsp3) is 0.636. The summed E-state index contributed by atoms with van der Waals surface area (Å²) in [5, 5.41) is 3.33. The van der Waals surface area contributed by atoms with Gasteiger partial charge in [-0.05, 0) is 53.9 Å². The van der Waals surface area contributed by atoms with Gasteiger partial charge in [0, 0.05) is 18.6 Å². The summed E-state index contributed by atoms with van der Waals surface area (Å²) >= 11 is 4.63. The largest absolute Gasteiger partial charge is 0.315 e. The van der Waals surface area contributed by atoms with Gasteiger partial charge in [-0.15, -0.1) is 11.3 Å². The summed E-state index contributed by atoms with van der Waals surface area (Å²) < 4.78 is 28.5. The van der Waals surface area contributed by atoms with Crippen LogP contribution in [0.1, 0.15) is 19.3 Å². The molecule has 2 aliphatic rings. The zero-order valence-corrected chi connectivity index (χ0v) is 13.0. The van der Waals surface area contributed by atoms with Crippen LogP contribution in [0.3, 0.4) is 0 Å². The first-order chi connectivity index (χ1) is 8.59. The first-order valence-electron chi connectivity index (χ1n) is 6.08. The molecule has 2 aliphatic heterocycles. The molecule has 3 rings (SSSR count). The highest BCUT2D eigenvalue weighted by Gasteiger charge is 2.43. The second kappa shape index (κ2) is 4.86. The van der Waals surface area contributed by atoms with E-state index in [2.05, 4.69) is 21.2 Å². The number of hydrogen-bond acceptors (Lipinski definition) is 4. The van der Waals surface area contributed by atoms with Crippen LogP contribution in [0, 0.1) is 0 Å². The fourth-order valence-electron chi connectivity index (χ4n) is 2.87. The quantitative estimate of drug-likeness (QED) is 0.887. The van der Waals surface area contributed by atoms with E-state index in [0.29, 0.717) is 4.21 Å². The molecule has 0 aromatic carbocycles. The maximum Gasteiger partial charge on any atom is 0.253 e. The number of thiophene rings is 1. The summed E-state index contributed by atoms with van der Waals surface area (Å²) in [6, 6.07) is 3.80. The van der Waals surface area contributed by atoms with E-state index in [-0.39, 0.29) is 12.1 Å². The van der Waals surface area contributed by atoms with Crippen LogP contribution in [0.25, 0.3) is 0 Å². The van der Waals surface area contributed by atoms with Gasteiger partial charge in [-0.3, -0.25) is 0 Å². The highest BCUT2D eigenvalue weighted by Crippen LogP contribution is 2.36. The van der Waals surface area contributed by atoms with Crippen LogP contribution in [0.2, 0.25) is 0 Å². The Balaban J connectivity index is 1.98. The Bertz CT molecular complexity index is 529. The van der Waals surface area contributed by atoms with Crippen molar-refractivity contribution >= 4 is 37.3 Å². The van der Waals surface area contributed by atoms with Gasteiger partial charge in [0.2, 0.25) is 0 Å². The summed E-state index contributed by atoms with van der Waals surface area (Å²) in [5.41, 5.74) is 0. The van der Waals surface area contributed by atoms with Crippen LogP contribution < -0.4 is 5.32 Å². The zero-order chi connectivity index (χ0) is 12.8. The van der Waals surface area contributed by atoms with Crippen molar-refractivity contribution in [1.29, 1.82) is 0 Å². The Hall–Kier alpha value is 0.0500. The molecule has 0 radical (unpaired) electrons. The maximum absolute atomic E-state index is 12.7. The van der Waals surface area contributed by atoms with Crippen LogP contribution in [-0.4, -0.2) is 37.9 Å². The minimum atomic E-state index is -3.32. The lowest BCUT2D eigenvalue weighted by Crippen LogP contribution is -2.42. The second-order valence-corrected chi connectivity index (χ2v) is 9.30. The summed E-state index contributed by atoms with van der Waals surface area (Å²) in [6.45, 7) is 1.70. The Morgan fingerprint density at radius 1 is 1.28 bits per heavy atom. The number of rotatable bonds is 2. The average Bonchev–Trinajstić information content (AvgIpc) is 2.82. The van der Waals surface area contributed by atoms with Crippen molar-refractivity contribution in [3.63, 3.8) is 0 Å². The van der Waals surface area contributed by atoms with Crippen molar-refractivity contribution in [1.82, 2.24) is 9.62 Å². The molecule has 1 N–H and O–H groups in total. The topological polar surface area (TPSA) is 49.4 Å². The van der Waals surface area contributed by atoms with E-state index in [1.807, 2.05) is 0 Å². The van der Waals surface area contributed by atoms with Crippen LogP contribution in [0.15, 0.2) is 20.1 Å². The SMILES string of the molecule is O=S(=O)(c1ccc(Br)s1)N1C2CCNCC1CC2. The Labute approximate surface area is 120 Å². The Kier molecular flexibility index (Phi) is 3.53. The molecule has 18 heavy (non-hydrogen) atoms. The predicted octanol–water partition coefficient (Wildman–Crippen LogP) is 2.03. The van der Waals surface area contributed by atoms with Crippen molar-refractivity contribution in [2.45, 2.75) is 35.6 Å². The molecule has 2 bridgehead atoms. The van der Waals surface area contributed by atoms with Gasteiger partial charge >= 0.3 is 0 Å². The number of nitrogens with one attached hydrogen (secondary N) is 1. The molecule has 1 aromatic rings. The fourth-order valence-corrected chi connectivity index (χ4v) is 6.88. The lowest BCUT2D eigenvalue weighted by Gasteiger charge is -2.26. The first kappa shape index (κ1) is 13.1. The number of sulfonamides is 1. The molecule has 3 heterocycles. The summed E-state index contributed by atoms with van der Waals surface area (Å²) in [5.74, 6) is 0. The van der Waals surface area contributed by atoms with Gasteiger partial charge in [-0.2, -0.15) is 4.31 Å². The lowest BCUT2D eigenvalue weighted by molar-refractivity contribution is 0.335. The van der Waals surface area contributed by atoms with Crippen LogP contribution in [-0.2, 0) is 10.0 Å². The average molecular weight is 351 g/mol. The molecule has 4 nitrogen and oxygen atoms in total. The Morgan fingerprint density at radius 3 is 2.78 bits per heavy atom. The van der Waals surface area contributed by atoms with Crippen molar-refractivity contribution in [2.24, 2.45) is 0 Å². The normalized spacial score (nSPS) is 29.4. The number of fused-ring (bicyclic) bond motifs is 2. The summed E-state index contributed by atoms with van der Waals surface area (Å²) in [7, 11) is -3.32. The van der Waals surface area contributed by atoms with Gasteiger partial charge in [0.05, 0.1) is 3.79 Å². The third-order valence-electron chi connectivity index (χ3n) is 3.67. The Morgan fingerprint density at radius 2 is 2.06 bits per heavy atom. The summed E-state index contributed by atoms with van der Waals surface area (Å²) in [4.78, 5) is 0. The van der Waals surface area contributed by atoms with Crippen molar-refractivity contribution in [3.05, 3.63) is 15.9 Å². The van der Waals surface area contributed by atoms with E-state index in [1.165, 1.54) is 11.3 Å². The van der Waals surface area contributed by atoms with Crippen molar-refractivity contribution < 1.29 is 8.42 Å². The molecule has 0 aliphatic carbocycles. The molecule has 2 saturated heterocycles. The van der Waals surface area contributed by atoms with E-state index < -0.39 is 10.0 Å². The predicted molar refractivity (Wildman–Crippen MR) is 75.3 cm³/mol. The smallest absolute Gasteiger partial charge is 0.253 e. The number of hydrogen-bond donors (Lipinski definition) is 1. The van der Waals surface area contributed by atoms with Gasteiger partial charge in [-0.1, -0.05) is 0 Å². The van der Waals surface area contributed by atoms with Gasteiger partial charge in [0.1, 0.15) is 4.21 Å². The molecule has 0 amide bonds. The molecule has 1 aromatic heterocycles. The zero-order valence-electron chi connectivity index (χ0n) is 9.80. The van der Waals surface area contributed by atoms with E-state index in [0.717, 1.165) is 36.1 Å². The second-order valence-electron chi connectivity index (χ2n) is 4.77. The standard InChI is InChI=1S/C11H15BrN2O2S2/c12-10-3-4-11(17-10)18(15,16)14-8-1-2-9(14)7-13-6-5-8/h3-4,8-9,13H,1-2,5-7H2. The molecular weight excluding hydrogens is 336 g/mol. The van der Waals surface area contributed by atoms with Gasteiger partial charge in [-0.25, -0.2) is 8.42 Å². The first-order valence-corrected chi connectivity index (χ1v) is 9.13. The molecule has 100 valence electrons. The minimum absolute atomic E-state index is 0.128. The summed E-state index contributed by atoms with van der Waals surface area (Å²) in [6.07, 6.45) is 2.89. The highest BCUT2D eigenvalue weighted by molar-refractivity contribution is 9.11. The number of halogens is 1. The van der Waals surface area contributed by atoms with Crippen LogP contribution in [0.5, 0.6) is 0 Å². The molecule has 7 heteroatoms. The highest BCUT2D eigenvalue weighted by atomic mass is 79.9. The minimum Gasteiger partial charge on any atom is -0.315 e. The van der Waals surface area contributed by atoms with Gasteiger partial charge in [0.25, 0.3) is 10.0 Å². The lowest BCUT2D eigenvalue weighted by atomic mass is 10.1. The third-order valence-corrected chi connectivity index (χ3v) is 7.76. The monoisotopic (exact) mass is 350 g/mol. The molecule has 0 saturated carbocycles. The maximum atomic E-state index is 12.7. The molecular formula is C11H15BrN2O2S2. The van der Waals surface area contributed by atoms with Crippen LogP contribution >= 0.6 is 27.3 Å². The van der Waals surface area contributed by atoms with Gasteiger partial charge in [0.15, 0.2) is 0 Å². The van der Waals surface area contributed by atoms with E-state index >= 15 is 0 Å².